The summed E-state index contributed by atoms with van der Waals surface area (Å²) in [5, 5.41) is 27.6. The van der Waals surface area contributed by atoms with E-state index in [2.05, 4.69) is 15.9 Å². The fourth-order valence-corrected chi connectivity index (χ4v) is 1.51. The summed E-state index contributed by atoms with van der Waals surface area (Å²) in [6.07, 6.45) is -2.44. The van der Waals surface area contributed by atoms with Crippen LogP contribution in [0.3, 0.4) is 0 Å². The monoisotopic (exact) mass is 273 g/mol. The molecule has 1 rings (SSSR count). The third-order valence-electron chi connectivity index (χ3n) is 1.99. The van der Waals surface area contributed by atoms with Crippen molar-refractivity contribution in [2.24, 2.45) is 0 Å². The summed E-state index contributed by atoms with van der Waals surface area (Å²) >= 11 is 2.98. The SMILES string of the molecule is N#Cc1cccc(C(O)C(O)CBr)c1F. The molecule has 80 valence electrons. The maximum absolute atomic E-state index is 13.5. The number of nitriles is 1. The Hall–Kier alpha value is -0.960. The van der Waals surface area contributed by atoms with E-state index in [-0.39, 0.29) is 16.5 Å². The van der Waals surface area contributed by atoms with Gasteiger partial charge < -0.3 is 10.2 Å². The predicted molar refractivity (Wildman–Crippen MR) is 55.9 cm³/mol. The van der Waals surface area contributed by atoms with E-state index in [9.17, 15) is 14.6 Å². The van der Waals surface area contributed by atoms with E-state index >= 15 is 0 Å². The molecular weight excluding hydrogens is 265 g/mol. The molecule has 0 radical (unpaired) electrons. The van der Waals surface area contributed by atoms with Crippen LogP contribution in [0.4, 0.5) is 4.39 Å². The highest BCUT2D eigenvalue weighted by Crippen LogP contribution is 2.23. The number of benzene rings is 1. The molecule has 0 aromatic heterocycles. The standard InChI is InChI=1S/C10H9BrFNO2/c11-4-8(14)10(15)7-3-1-2-6(5-13)9(7)12/h1-3,8,10,14-15H,4H2. The molecule has 0 saturated heterocycles. The smallest absolute Gasteiger partial charge is 0.146 e. The highest BCUT2D eigenvalue weighted by atomic mass is 79.9. The Kier molecular flexibility index (Phi) is 4.21. The molecule has 0 spiro atoms. The molecule has 5 heteroatoms. The normalized spacial score (nSPS) is 14.3. The molecule has 2 atom stereocenters. The van der Waals surface area contributed by atoms with Crippen molar-refractivity contribution in [1.82, 2.24) is 0 Å². The van der Waals surface area contributed by atoms with E-state index in [4.69, 9.17) is 5.26 Å². The maximum atomic E-state index is 13.5. The summed E-state index contributed by atoms with van der Waals surface area (Å²) in [5.41, 5.74) is -0.214. The fraction of sp³-hybridized carbons (Fsp3) is 0.300. The third-order valence-corrected chi connectivity index (χ3v) is 2.65. The van der Waals surface area contributed by atoms with Gasteiger partial charge in [0.15, 0.2) is 0 Å². The van der Waals surface area contributed by atoms with Gasteiger partial charge >= 0.3 is 0 Å². The van der Waals surface area contributed by atoms with E-state index in [0.717, 1.165) is 0 Å². The molecule has 1 aromatic rings. The van der Waals surface area contributed by atoms with E-state index in [1.54, 1.807) is 6.07 Å². The van der Waals surface area contributed by atoms with Gasteiger partial charge in [-0.3, -0.25) is 0 Å². The number of hydrogen-bond acceptors (Lipinski definition) is 3. The zero-order chi connectivity index (χ0) is 11.4. The molecule has 0 saturated carbocycles. The first-order valence-corrected chi connectivity index (χ1v) is 5.34. The summed E-state index contributed by atoms with van der Waals surface area (Å²) < 4.78 is 13.5. The van der Waals surface area contributed by atoms with Gasteiger partial charge in [-0.1, -0.05) is 28.1 Å². The van der Waals surface area contributed by atoms with Crippen molar-refractivity contribution in [3.63, 3.8) is 0 Å². The van der Waals surface area contributed by atoms with Crippen molar-refractivity contribution in [2.45, 2.75) is 12.2 Å². The molecule has 0 amide bonds. The van der Waals surface area contributed by atoms with Crippen molar-refractivity contribution in [2.75, 3.05) is 5.33 Å². The van der Waals surface area contributed by atoms with Crippen molar-refractivity contribution in [3.8, 4) is 6.07 Å². The van der Waals surface area contributed by atoms with E-state index in [0.29, 0.717) is 0 Å². The number of aliphatic hydroxyl groups is 2. The quantitative estimate of drug-likeness (QED) is 0.821. The fourth-order valence-electron chi connectivity index (χ4n) is 1.16. The van der Waals surface area contributed by atoms with Gasteiger partial charge in [-0.05, 0) is 6.07 Å². The van der Waals surface area contributed by atoms with Crippen LogP contribution >= 0.6 is 15.9 Å². The van der Waals surface area contributed by atoms with Gasteiger partial charge in [0.25, 0.3) is 0 Å². The predicted octanol–water partition coefficient (Wildman–Crippen LogP) is 1.49. The summed E-state index contributed by atoms with van der Waals surface area (Å²) in [6.45, 7) is 0. The van der Waals surface area contributed by atoms with Gasteiger partial charge in [0.1, 0.15) is 18.0 Å². The van der Waals surface area contributed by atoms with Crippen LogP contribution < -0.4 is 0 Å². The first-order chi connectivity index (χ1) is 7.11. The van der Waals surface area contributed by atoms with Gasteiger partial charge in [0.2, 0.25) is 0 Å². The largest absolute Gasteiger partial charge is 0.389 e. The molecular formula is C10H9BrFNO2. The second-order valence-electron chi connectivity index (χ2n) is 2.99. The molecule has 2 unspecified atom stereocenters. The number of rotatable bonds is 3. The summed E-state index contributed by atoms with van der Waals surface area (Å²) in [4.78, 5) is 0. The molecule has 0 aliphatic carbocycles. The first-order valence-electron chi connectivity index (χ1n) is 4.22. The van der Waals surface area contributed by atoms with E-state index in [1.165, 1.54) is 18.2 Å². The van der Waals surface area contributed by atoms with Gasteiger partial charge in [-0.25, -0.2) is 4.39 Å². The van der Waals surface area contributed by atoms with Crippen LogP contribution in [0.2, 0.25) is 0 Å². The number of aliphatic hydroxyl groups excluding tert-OH is 2. The van der Waals surface area contributed by atoms with Crippen LogP contribution in [0.1, 0.15) is 17.2 Å². The Morgan fingerprint density at radius 1 is 1.47 bits per heavy atom. The topological polar surface area (TPSA) is 64.2 Å². The lowest BCUT2D eigenvalue weighted by molar-refractivity contribution is 0.0320. The Labute approximate surface area is 94.9 Å². The van der Waals surface area contributed by atoms with Crippen LogP contribution in [0.25, 0.3) is 0 Å². The highest BCUT2D eigenvalue weighted by Gasteiger charge is 2.21. The number of nitrogens with zero attached hydrogens (tertiary/aromatic N) is 1. The van der Waals surface area contributed by atoms with Crippen molar-refractivity contribution >= 4 is 15.9 Å². The minimum atomic E-state index is -1.34. The lowest BCUT2D eigenvalue weighted by atomic mass is 10.0. The van der Waals surface area contributed by atoms with E-state index in [1.807, 2.05) is 0 Å². The molecule has 0 fully saturated rings. The second kappa shape index (κ2) is 5.21. The first kappa shape index (κ1) is 12.1. The molecule has 0 aliphatic rings. The lowest BCUT2D eigenvalue weighted by Crippen LogP contribution is -2.20. The summed E-state index contributed by atoms with van der Waals surface area (Å²) in [5.74, 6) is -0.785. The third kappa shape index (κ3) is 2.53. The Morgan fingerprint density at radius 3 is 2.67 bits per heavy atom. The molecule has 2 N–H and O–H groups in total. The maximum Gasteiger partial charge on any atom is 0.146 e. The minimum absolute atomic E-state index is 0.0685. The Bertz CT molecular complexity index is 391. The second-order valence-corrected chi connectivity index (χ2v) is 3.63. The minimum Gasteiger partial charge on any atom is -0.389 e. The summed E-state index contributed by atoms with van der Waals surface area (Å²) in [6, 6.07) is 5.78. The molecule has 0 aliphatic heterocycles. The van der Waals surface area contributed by atoms with Gasteiger partial charge in [-0.2, -0.15) is 5.26 Å². The molecule has 1 aromatic carbocycles. The zero-order valence-corrected chi connectivity index (χ0v) is 9.28. The molecule has 3 nitrogen and oxygen atoms in total. The zero-order valence-electron chi connectivity index (χ0n) is 7.69. The average molecular weight is 274 g/mol. The number of halogens is 2. The molecule has 0 heterocycles. The number of alkyl halides is 1. The van der Waals surface area contributed by atoms with Crippen molar-refractivity contribution in [3.05, 3.63) is 35.1 Å². The van der Waals surface area contributed by atoms with Crippen LogP contribution in [-0.4, -0.2) is 21.6 Å². The lowest BCUT2D eigenvalue weighted by Gasteiger charge is -2.16. The number of hydrogen-bond donors (Lipinski definition) is 2. The molecule has 0 bridgehead atoms. The van der Waals surface area contributed by atoms with Crippen LogP contribution in [0, 0.1) is 17.1 Å². The average Bonchev–Trinajstić information content (AvgIpc) is 2.27. The highest BCUT2D eigenvalue weighted by molar-refractivity contribution is 9.09. The Balaban J connectivity index is 3.10. The van der Waals surface area contributed by atoms with Gasteiger partial charge in [-0.15, -0.1) is 0 Å². The van der Waals surface area contributed by atoms with E-state index < -0.39 is 18.0 Å². The van der Waals surface area contributed by atoms with Crippen molar-refractivity contribution in [1.29, 1.82) is 5.26 Å². The van der Waals surface area contributed by atoms with Gasteiger partial charge in [0.05, 0.1) is 11.7 Å². The van der Waals surface area contributed by atoms with Crippen LogP contribution in [0.5, 0.6) is 0 Å². The van der Waals surface area contributed by atoms with Crippen LogP contribution in [-0.2, 0) is 0 Å². The molecule has 15 heavy (non-hydrogen) atoms. The van der Waals surface area contributed by atoms with Gasteiger partial charge in [0, 0.05) is 10.9 Å². The van der Waals surface area contributed by atoms with Crippen molar-refractivity contribution < 1.29 is 14.6 Å². The van der Waals surface area contributed by atoms with Crippen LogP contribution in [0.15, 0.2) is 18.2 Å². The Morgan fingerprint density at radius 2 is 2.13 bits per heavy atom. The summed E-state index contributed by atoms with van der Waals surface area (Å²) in [7, 11) is 0.